The first kappa shape index (κ1) is 14.5. The van der Waals surface area contributed by atoms with Crippen LogP contribution in [0.1, 0.15) is 43.6 Å². The molecule has 0 radical (unpaired) electrons. The van der Waals surface area contributed by atoms with Gasteiger partial charge in [-0.15, -0.1) is 0 Å². The fourth-order valence-corrected chi connectivity index (χ4v) is 2.06. The number of anilines is 1. The minimum absolute atomic E-state index is 0.0304. The van der Waals surface area contributed by atoms with Crippen LogP contribution < -0.4 is 5.32 Å². The quantitative estimate of drug-likeness (QED) is 0.894. The van der Waals surface area contributed by atoms with Crippen LogP contribution in [0.5, 0.6) is 0 Å². The summed E-state index contributed by atoms with van der Waals surface area (Å²) in [6.07, 6.45) is 1.10. The number of aromatic nitrogens is 1. The van der Waals surface area contributed by atoms with Crippen LogP contribution >= 0.6 is 0 Å². The first-order valence-electron chi connectivity index (χ1n) is 6.84. The Morgan fingerprint density at radius 2 is 1.75 bits per heavy atom. The van der Waals surface area contributed by atoms with E-state index in [1.54, 1.807) is 6.20 Å². The third-order valence-electron chi connectivity index (χ3n) is 3.02. The van der Waals surface area contributed by atoms with E-state index >= 15 is 0 Å². The van der Waals surface area contributed by atoms with Crippen LogP contribution in [0.15, 0.2) is 42.6 Å². The Labute approximate surface area is 120 Å². The van der Waals surface area contributed by atoms with Gasteiger partial charge in [-0.25, -0.2) is 4.98 Å². The van der Waals surface area contributed by atoms with E-state index < -0.39 is 6.10 Å². The smallest absolute Gasteiger partial charge is 0.129 e. The van der Waals surface area contributed by atoms with Crippen molar-refractivity contribution in [3.63, 3.8) is 0 Å². The van der Waals surface area contributed by atoms with Crippen LogP contribution in [0.2, 0.25) is 0 Å². The molecule has 3 heteroatoms. The molecule has 1 aromatic heterocycles. The van der Waals surface area contributed by atoms with Gasteiger partial charge in [-0.2, -0.15) is 0 Å². The SMILES string of the molecule is Cc1cc(C(O)c2ccccc2)cnc1NC(C)(C)C. The topological polar surface area (TPSA) is 45.2 Å². The van der Waals surface area contributed by atoms with Gasteiger partial charge in [0.15, 0.2) is 0 Å². The van der Waals surface area contributed by atoms with Crippen molar-refractivity contribution in [2.24, 2.45) is 0 Å². The molecule has 1 aromatic carbocycles. The maximum atomic E-state index is 10.4. The van der Waals surface area contributed by atoms with Gasteiger partial charge in [0, 0.05) is 17.3 Å². The molecule has 106 valence electrons. The van der Waals surface area contributed by atoms with Gasteiger partial charge < -0.3 is 10.4 Å². The molecule has 2 rings (SSSR count). The van der Waals surface area contributed by atoms with E-state index in [4.69, 9.17) is 0 Å². The van der Waals surface area contributed by atoms with Crippen LogP contribution in [0.25, 0.3) is 0 Å². The summed E-state index contributed by atoms with van der Waals surface area (Å²) >= 11 is 0. The van der Waals surface area contributed by atoms with Crippen molar-refractivity contribution in [3.05, 3.63) is 59.3 Å². The van der Waals surface area contributed by atoms with E-state index in [0.29, 0.717) is 0 Å². The largest absolute Gasteiger partial charge is 0.384 e. The standard InChI is InChI=1S/C17H22N2O/c1-12-10-14(11-18-16(12)19-17(2,3)4)15(20)13-8-6-5-7-9-13/h5-11,15,20H,1-4H3,(H,18,19). The number of rotatable bonds is 3. The van der Waals surface area contributed by atoms with Crippen LogP contribution in [0, 0.1) is 6.92 Å². The Hall–Kier alpha value is -1.87. The normalized spacial score (nSPS) is 13.1. The van der Waals surface area contributed by atoms with E-state index in [9.17, 15) is 5.11 Å². The van der Waals surface area contributed by atoms with Gasteiger partial charge in [0.1, 0.15) is 11.9 Å². The van der Waals surface area contributed by atoms with Crippen molar-refractivity contribution in [3.8, 4) is 0 Å². The molecular weight excluding hydrogens is 248 g/mol. The average molecular weight is 270 g/mol. The minimum atomic E-state index is -0.633. The van der Waals surface area contributed by atoms with Crippen molar-refractivity contribution >= 4 is 5.82 Å². The summed E-state index contributed by atoms with van der Waals surface area (Å²) in [5.41, 5.74) is 2.70. The zero-order valence-corrected chi connectivity index (χ0v) is 12.5. The summed E-state index contributed by atoms with van der Waals surface area (Å²) in [5, 5.41) is 13.7. The van der Waals surface area contributed by atoms with E-state index in [0.717, 1.165) is 22.5 Å². The average Bonchev–Trinajstić information content (AvgIpc) is 2.40. The van der Waals surface area contributed by atoms with Gasteiger partial charge in [0.05, 0.1) is 0 Å². The van der Waals surface area contributed by atoms with Crippen LogP contribution in [-0.4, -0.2) is 15.6 Å². The van der Waals surface area contributed by atoms with Crippen LogP contribution in [0.4, 0.5) is 5.82 Å². The number of nitrogens with one attached hydrogen (secondary N) is 1. The van der Waals surface area contributed by atoms with Crippen molar-refractivity contribution in [2.75, 3.05) is 5.32 Å². The zero-order valence-electron chi connectivity index (χ0n) is 12.5. The molecule has 20 heavy (non-hydrogen) atoms. The highest BCUT2D eigenvalue weighted by Crippen LogP contribution is 2.25. The molecule has 0 aliphatic carbocycles. The van der Waals surface area contributed by atoms with Gasteiger partial charge in [0.2, 0.25) is 0 Å². The molecule has 0 aliphatic rings. The lowest BCUT2D eigenvalue weighted by Gasteiger charge is -2.23. The van der Waals surface area contributed by atoms with Gasteiger partial charge in [0.25, 0.3) is 0 Å². The lowest BCUT2D eigenvalue weighted by atomic mass is 10.0. The first-order chi connectivity index (χ1) is 9.37. The number of aryl methyl sites for hydroxylation is 1. The van der Waals surface area contributed by atoms with E-state index in [2.05, 4.69) is 31.1 Å². The lowest BCUT2D eigenvalue weighted by Crippen LogP contribution is -2.27. The molecule has 1 unspecified atom stereocenters. The molecular formula is C17H22N2O. The molecule has 0 saturated carbocycles. The minimum Gasteiger partial charge on any atom is -0.384 e. The monoisotopic (exact) mass is 270 g/mol. The molecule has 2 aromatic rings. The fraction of sp³-hybridized carbons (Fsp3) is 0.353. The Morgan fingerprint density at radius 3 is 2.30 bits per heavy atom. The molecule has 1 heterocycles. The Balaban J connectivity index is 2.25. The Morgan fingerprint density at radius 1 is 1.10 bits per heavy atom. The zero-order chi connectivity index (χ0) is 14.8. The Kier molecular flexibility index (Phi) is 4.09. The second-order valence-corrected chi connectivity index (χ2v) is 6.12. The van der Waals surface area contributed by atoms with E-state index in [-0.39, 0.29) is 5.54 Å². The van der Waals surface area contributed by atoms with Crippen molar-refractivity contribution in [1.82, 2.24) is 4.98 Å². The maximum Gasteiger partial charge on any atom is 0.129 e. The van der Waals surface area contributed by atoms with Gasteiger partial charge in [-0.3, -0.25) is 0 Å². The van der Waals surface area contributed by atoms with Gasteiger partial charge >= 0.3 is 0 Å². The van der Waals surface area contributed by atoms with Crippen molar-refractivity contribution in [2.45, 2.75) is 39.3 Å². The number of aliphatic hydroxyl groups is 1. The fourth-order valence-electron chi connectivity index (χ4n) is 2.06. The summed E-state index contributed by atoms with van der Waals surface area (Å²) in [5.74, 6) is 0.863. The molecule has 0 amide bonds. The number of pyridine rings is 1. The number of aliphatic hydroxyl groups excluding tert-OH is 1. The third-order valence-corrected chi connectivity index (χ3v) is 3.02. The molecule has 0 bridgehead atoms. The van der Waals surface area contributed by atoms with Crippen LogP contribution in [0.3, 0.4) is 0 Å². The maximum absolute atomic E-state index is 10.4. The summed E-state index contributed by atoms with van der Waals surface area (Å²) in [4.78, 5) is 4.44. The molecule has 3 nitrogen and oxygen atoms in total. The summed E-state index contributed by atoms with van der Waals surface area (Å²) in [7, 11) is 0. The summed E-state index contributed by atoms with van der Waals surface area (Å²) in [6.45, 7) is 8.30. The highest BCUT2D eigenvalue weighted by molar-refractivity contribution is 5.47. The predicted octanol–water partition coefficient (Wildman–Crippen LogP) is 3.68. The summed E-state index contributed by atoms with van der Waals surface area (Å²) in [6, 6.07) is 11.6. The van der Waals surface area contributed by atoms with Crippen molar-refractivity contribution in [1.29, 1.82) is 0 Å². The number of benzene rings is 1. The molecule has 1 atom stereocenters. The van der Waals surface area contributed by atoms with Crippen molar-refractivity contribution < 1.29 is 5.11 Å². The number of hydrogen-bond donors (Lipinski definition) is 2. The number of hydrogen-bond acceptors (Lipinski definition) is 3. The third kappa shape index (κ3) is 3.58. The van der Waals surface area contributed by atoms with Gasteiger partial charge in [-0.05, 0) is 44.9 Å². The molecule has 2 N–H and O–H groups in total. The predicted molar refractivity (Wildman–Crippen MR) is 82.9 cm³/mol. The van der Waals surface area contributed by atoms with E-state index in [1.165, 1.54) is 0 Å². The lowest BCUT2D eigenvalue weighted by molar-refractivity contribution is 0.220. The highest BCUT2D eigenvalue weighted by Gasteiger charge is 2.15. The molecule has 0 fully saturated rings. The molecule has 0 saturated heterocycles. The molecule has 0 spiro atoms. The second kappa shape index (κ2) is 5.63. The van der Waals surface area contributed by atoms with Gasteiger partial charge in [-0.1, -0.05) is 30.3 Å². The highest BCUT2D eigenvalue weighted by atomic mass is 16.3. The first-order valence-corrected chi connectivity index (χ1v) is 6.84. The second-order valence-electron chi connectivity index (χ2n) is 6.12. The Bertz CT molecular complexity index is 573. The number of nitrogens with zero attached hydrogens (tertiary/aromatic N) is 1. The van der Waals surface area contributed by atoms with E-state index in [1.807, 2.05) is 43.3 Å². The summed E-state index contributed by atoms with van der Waals surface area (Å²) < 4.78 is 0. The molecule has 0 aliphatic heterocycles. The van der Waals surface area contributed by atoms with Crippen LogP contribution in [-0.2, 0) is 0 Å².